The molecule has 0 aromatic carbocycles. The van der Waals surface area contributed by atoms with Gasteiger partial charge in [-0.3, -0.25) is 4.68 Å². The number of hydrogen-bond acceptors (Lipinski definition) is 6. The Morgan fingerprint density at radius 1 is 1.45 bits per heavy atom. The third-order valence-electron chi connectivity index (χ3n) is 3.69. The molecule has 6 nitrogen and oxygen atoms in total. The van der Waals surface area contributed by atoms with Crippen LogP contribution in [0.2, 0.25) is 0 Å². The summed E-state index contributed by atoms with van der Waals surface area (Å²) < 4.78 is 8.37. The van der Waals surface area contributed by atoms with Crippen LogP contribution >= 0.6 is 27.3 Å². The standard InChI is InChI=1S/C14H14BrN5OS/c15-9-6-12(22-8-9)13-17-14(21-19-13)11-3-5-20(18-11)10-2-1-4-16-7-10/h3,5-6,8,10,16H,1-2,4,7H2. The molecule has 1 atom stereocenters. The Bertz CT molecular complexity index is 774. The van der Waals surface area contributed by atoms with E-state index in [0.717, 1.165) is 34.6 Å². The molecule has 4 rings (SSSR count). The lowest BCUT2D eigenvalue weighted by atomic mass is 10.1. The topological polar surface area (TPSA) is 68.8 Å². The van der Waals surface area contributed by atoms with Gasteiger partial charge in [0.2, 0.25) is 5.82 Å². The second kappa shape index (κ2) is 5.94. The highest BCUT2D eigenvalue weighted by atomic mass is 79.9. The van der Waals surface area contributed by atoms with E-state index in [1.54, 1.807) is 11.3 Å². The summed E-state index contributed by atoms with van der Waals surface area (Å²) in [6.45, 7) is 2.05. The molecule has 1 aliphatic heterocycles. The Morgan fingerprint density at radius 2 is 2.41 bits per heavy atom. The molecule has 0 saturated carbocycles. The molecule has 1 unspecified atom stereocenters. The Balaban J connectivity index is 1.57. The Hall–Kier alpha value is -1.51. The minimum Gasteiger partial charge on any atom is -0.332 e. The number of nitrogens with one attached hydrogen (secondary N) is 1. The summed E-state index contributed by atoms with van der Waals surface area (Å²) in [7, 11) is 0. The number of piperidine rings is 1. The van der Waals surface area contributed by atoms with Gasteiger partial charge in [-0.25, -0.2) is 0 Å². The molecule has 22 heavy (non-hydrogen) atoms. The van der Waals surface area contributed by atoms with Crippen molar-refractivity contribution in [2.45, 2.75) is 18.9 Å². The van der Waals surface area contributed by atoms with Gasteiger partial charge in [0.15, 0.2) is 5.69 Å². The van der Waals surface area contributed by atoms with E-state index in [0.29, 0.717) is 17.8 Å². The van der Waals surface area contributed by atoms with Gasteiger partial charge >= 0.3 is 0 Å². The van der Waals surface area contributed by atoms with Crippen molar-refractivity contribution < 1.29 is 4.52 Å². The summed E-state index contributed by atoms with van der Waals surface area (Å²) in [5, 5.41) is 14.0. The van der Waals surface area contributed by atoms with Crippen molar-refractivity contribution in [2.75, 3.05) is 13.1 Å². The van der Waals surface area contributed by atoms with Crippen LogP contribution in [0, 0.1) is 0 Å². The fourth-order valence-electron chi connectivity index (χ4n) is 2.57. The van der Waals surface area contributed by atoms with Gasteiger partial charge in [-0.15, -0.1) is 11.3 Å². The molecule has 3 aromatic heterocycles. The predicted molar refractivity (Wildman–Crippen MR) is 87.7 cm³/mol. The zero-order chi connectivity index (χ0) is 14.9. The summed E-state index contributed by atoms with van der Waals surface area (Å²) in [4.78, 5) is 5.41. The molecule has 0 radical (unpaired) electrons. The highest BCUT2D eigenvalue weighted by Crippen LogP contribution is 2.29. The van der Waals surface area contributed by atoms with Crippen LogP contribution in [0.25, 0.3) is 22.3 Å². The van der Waals surface area contributed by atoms with Crippen LogP contribution in [0.15, 0.2) is 32.7 Å². The van der Waals surface area contributed by atoms with Gasteiger partial charge in [0.25, 0.3) is 5.89 Å². The lowest BCUT2D eigenvalue weighted by molar-refractivity contribution is 0.346. The van der Waals surface area contributed by atoms with Crippen LogP contribution in [0.3, 0.4) is 0 Å². The van der Waals surface area contributed by atoms with Gasteiger partial charge in [0.1, 0.15) is 0 Å². The average Bonchev–Trinajstić information content (AvgIpc) is 3.27. The molecule has 1 N–H and O–H groups in total. The average molecular weight is 380 g/mol. The number of hydrogen-bond donors (Lipinski definition) is 1. The van der Waals surface area contributed by atoms with E-state index in [4.69, 9.17) is 4.52 Å². The van der Waals surface area contributed by atoms with Crippen molar-refractivity contribution in [2.24, 2.45) is 0 Å². The lowest BCUT2D eigenvalue weighted by Crippen LogP contribution is -2.31. The van der Waals surface area contributed by atoms with Crippen molar-refractivity contribution in [1.82, 2.24) is 25.2 Å². The normalized spacial score (nSPS) is 18.7. The smallest absolute Gasteiger partial charge is 0.278 e. The van der Waals surface area contributed by atoms with Crippen LogP contribution in [-0.2, 0) is 0 Å². The molecule has 0 bridgehead atoms. The minimum atomic E-state index is 0.401. The number of rotatable bonds is 3. The molecule has 1 saturated heterocycles. The van der Waals surface area contributed by atoms with Crippen LogP contribution in [-0.4, -0.2) is 33.0 Å². The highest BCUT2D eigenvalue weighted by Gasteiger charge is 2.18. The zero-order valence-electron chi connectivity index (χ0n) is 11.7. The quantitative estimate of drug-likeness (QED) is 0.755. The molecule has 0 aliphatic carbocycles. The fraction of sp³-hybridized carbons (Fsp3) is 0.357. The van der Waals surface area contributed by atoms with Gasteiger partial charge in [-0.05, 0) is 47.4 Å². The lowest BCUT2D eigenvalue weighted by Gasteiger charge is -2.22. The molecule has 1 fully saturated rings. The largest absolute Gasteiger partial charge is 0.332 e. The van der Waals surface area contributed by atoms with Gasteiger partial charge < -0.3 is 9.84 Å². The van der Waals surface area contributed by atoms with Crippen molar-refractivity contribution in [3.8, 4) is 22.3 Å². The monoisotopic (exact) mass is 379 g/mol. The first-order chi connectivity index (χ1) is 10.8. The van der Waals surface area contributed by atoms with Crippen LogP contribution in [0.5, 0.6) is 0 Å². The van der Waals surface area contributed by atoms with E-state index in [9.17, 15) is 0 Å². The maximum atomic E-state index is 5.35. The summed E-state index contributed by atoms with van der Waals surface area (Å²) in [5.74, 6) is 1.06. The molecule has 1 aliphatic rings. The molecule has 8 heteroatoms. The van der Waals surface area contributed by atoms with Gasteiger partial charge in [0, 0.05) is 22.6 Å². The summed E-state index contributed by atoms with van der Waals surface area (Å²) in [6.07, 6.45) is 4.31. The van der Waals surface area contributed by atoms with Crippen LogP contribution in [0.4, 0.5) is 0 Å². The van der Waals surface area contributed by atoms with Crippen molar-refractivity contribution in [3.63, 3.8) is 0 Å². The predicted octanol–water partition coefficient (Wildman–Crippen LogP) is 3.35. The third kappa shape index (κ3) is 2.73. The van der Waals surface area contributed by atoms with Crippen molar-refractivity contribution in [3.05, 3.63) is 28.2 Å². The molecular formula is C14H14BrN5OS. The summed E-state index contributed by atoms with van der Waals surface area (Å²) in [6, 6.07) is 4.31. The Kier molecular flexibility index (Phi) is 3.81. The van der Waals surface area contributed by atoms with E-state index < -0.39 is 0 Å². The van der Waals surface area contributed by atoms with Gasteiger partial charge in [-0.1, -0.05) is 5.16 Å². The summed E-state index contributed by atoms with van der Waals surface area (Å²) >= 11 is 5.00. The highest BCUT2D eigenvalue weighted by molar-refractivity contribution is 9.10. The number of nitrogens with zero attached hydrogens (tertiary/aromatic N) is 4. The van der Waals surface area contributed by atoms with Crippen molar-refractivity contribution in [1.29, 1.82) is 0 Å². The van der Waals surface area contributed by atoms with Gasteiger partial charge in [0.05, 0.1) is 10.9 Å². The minimum absolute atomic E-state index is 0.401. The SMILES string of the molecule is Brc1csc(-c2noc(-c3ccn(C4CCCNC4)n3)n2)c1. The molecule has 114 valence electrons. The van der Waals surface area contributed by atoms with E-state index in [2.05, 4.69) is 36.5 Å². The third-order valence-corrected chi connectivity index (χ3v) is 5.37. The van der Waals surface area contributed by atoms with Crippen LogP contribution < -0.4 is 5.32 Å². The summed E-state index contributed by atoms with van der Waals surface area (Å²) in [5.41, 5.74) is 0.722. The molecule has 3 aromatic rings. The first kappa shape index (κ1) is 14.1. The first-order valence-electron chi connectivity index (χ1n) is 7.14. The maximum Gasteiger partial charge on any atom is 0.278 e. The Morgan fingerprint density at radius 3 is 3.18 bits per heavy atom. The molecule has 0 amide bonds. The van der Waals surface area contributed by atoms with Crippen LogP contribution in [0.1, 0.15) is 18.9 Å². The molecular weight excluding hydrogens is 366 g/mol. The van der Waals surface area contributed by atoms with E-state index in [1.165, 1.54) is 6.42 Å². The number of halogens is 1. The van der Waals surface area contributed by atoms with E-state index in [1.807, 2.05) is 28.4 Å². The Labute approximate surface area is 139 Å². The maximum absolute atomic E-state index is 5.35. The number of thiophene rings is 1. The van der Waals surface area contributed by atoms with Crippen molar-refractivity contribution >= 4 is 27.3 Å². The molecule has 4 heterocycles. The van der Waals surface area contributed by atoms with Gasteiger partial charge in [-0.2, -0.15) is 10.1 Å². The van der Waals surface area contributed by atoms with E-state index >= 15 is 0 Å². The second-order valence-electron chi connectivity index (χ2n) is 5.23. The fourth-order valence-corrected chi connectivity index (χ4v) is 3.92. The number of aromatic nitrogens is 4. The molecule has 0 spiro atoms. The second-order valence-corrected chi connectivity index (χ2v) is 7.06. The zero-order valence-corrected chi connectivity index (χ0v) is 14.1. The first-order valence-corrected chi connectivity index (χ1v) is 8.81. The van der Waals surface area contributed by atoms with E-state index in [-0.39, 0.29) is 0 Å².